The van der Waals surface area contributed by atoms with E-state index in [0.717, 1.165) is 28.6 Å². The summed E-state index contributed by atoms with van der Waals surface area (Å²) in [6.07, 6.45) is 3.89. The fraction of sp³-hybridized carbons (Fsp3) is 0.250. The molecule has 0 spiro atoms. The zero-order chi connectivity index (χ0) is 14.4. The summed E-state index contributed by atoms with van der Waals surface area (Å²) >= 11 is 1.72. The molecule has 21 heavy (non-hydrogen) atoms. The third kappa shape index (κ3) is 2.17. The molecule has 1 aromatic carbocycles. The normalized spacial score (nSPS) is 13.8. The van der Waals surface area contributed by atoms with Crippen molar-refractivity contribution in [1.82, 2.24) is 9.97 Å². The minimum Gasteiger partial charge on any atom is -0.383 e. The molecule has 3 aromatic rings. The van der Waals surface area contributed by atoms with Gasteiger partial charge in [0.2, 0.25) is 0 Å². The van der Waals surface area contributed by atoms with E-state index in [1.165, 1.54) is 29.0 Å². The number of aryl methyl sites for hydroxylation is 2. The van der Waals surface area contributed by atoms with E-state index in [0.29, 0.717) is 18.1 Å². The Bertz CT molecular complexity index is 841. The molecule has 0 saturated carbocycles. The number of thiophene rings is 1. The first-order valence-corrected chi connectivity index (χ1v) is 7.83. The van der Waals surface area contributed by atoms with Gasteiger partial charge in [-0.25, -0.2) is 14.4 Å². The fourth-order valence-corrected chi connectivity index (χ4v) is 4.27. The van der Waals surface area contributed by atoms with Crippen molar-refractivity contribution in [3.05, 3.63) is 51.9 Å². The van der Waals surface area contributed by atoms with Gasteiger partial charge < -0.3 is 5.73 Å². The van der Waals surface area contributed by atoms with Crippen LogP contribution in [0.25, 0.3) is 10.2 Å². The lowest BCUT2D eigenvalue weighted by Crippen LogP contribution is -2.01. The molecule has 2 N–H and O–H groups in total. The molecule has 1 aliphatic rings. The maximum Gasteiger partial charge on any atom is 0.136 e. The lowest BCUT2D eigenvalue weighted by Gasteiger charge is -2.04. The standard InChI is InChI=1S/C16H14FN3S/c17-10-4-1-3-9(7-10)8-13-19-15(18)14-11-5-2-6-12(11)21-16(14)20-13/h1,3-4,7H,2,5-6,8H2,(H2,18,19,20). The van der Waals surface area contributed by atoms with E-state index in [4.69, 9.17) is 5.73 Å². The highest BCUT2D eigenvalue weighted by molar-refractivity contribution is 7.19. The molecule has 3 nitrogen and oxygen atoms in total. The number of halogens is 1. The Morgan fingerprint density at radius 3 is 3.00 bits per heavy atom. The van der Waals surface area contributed by atoms with E-state index in [9.17, 15) is 4.39 Å². The molecule has 0 aliphatic heterocycles. The van der Waals surface area contributed by atoms with Crippen LogP contribution in [0.5, 0.6) is 0 Å². The first-order chi connectivity index (χ1) is 10.2. The molecule has 0 atom stereocenters. The van der Waals surface area contributed by atoms with Gasteiger partial charge >= 0.3 is 0 Å². The molecule has 4 rings (SSSR count). The molecular formula is C16H14FN3S. The van der Waals surface area contributed by atoms with Crippen LogP contribution in [0.15, 0.2) is 24.3 Å². The van der Waals surface area contributed by atoms with Crippen molar-refractivity contribution < 1.29 is 4.39 Å². The number of benzene rings is 1. The van der Waals surface area contributed by atoms with Crippen LogP contribution >= 0.6 is 11.3 Å². The molecule has 106 valence electrons. The van der Waals surface area contributed by atoms with Gasteiger partial charge in [0.25, 0.3) is 0 Å². The predicted molar refractivity (Wildman–Crippen MR) is 83.1 cm³/mol. The zero-order valence-corrected chi connectivity index (χ0v) is 12.2. The number of fused-ring (bicyclic) bond motifs is 3. The number of nitrogens with two attached hydrogens (primary N) is 1. The summed E-state index contributed by atoms with van der Waals surface area (Å²) in [5, 5.41) is 1.04. The molecular weight excluding hydrogens is 285 g/mol. The van der Waals surface area contributed by atoms with Crippen LogP contribution in [-0.4, -0.2) is 9.97 Å². The van der Waals surface area contributed by atoms with E-state index in [1.54, 1.807) is 17.4 Å². The molecule has 0 unspecified atom stereocenters. The minimum atomic E-state index is -0.239. The Hall–Kier alpha value is -2.01. The molecule has 2 aromatic heterocycles. The minimum absolute atomic E-state index is 0.239. The van der Waals surface area contributed by atoms with Crippen LogP contribution in [-0.2, 0) is 19.3 Å². The van der Waals surface area contributed by atoms with Crippen LogP contribution in [0.4, 0.5) is 10.2 Å². The largest absolute Gasteiger partial charge is 0.383 e. The van der Waals surface area contributed by atoms with Gasteiger partial charge in [0.05, 0.1) is 5.39 Å². The molecule has 1 aliphatic carbocycles. The third-order valence-corrected chi connectivity index (χ3v) is 5.08. The maximum absolute atomic E-state index is 13.2. The summed E-state index contributed by atoms with van der Waals surface area (Å²) in [5.74, 6) is 0.980. The summed E-state index contributed by atoms with van der Waals surface area (Å²) in [7, 11) is 0. The number of hydrogen-bond acceptors (Lipinski definition) is 4. The average molecular weight is 299 g/mol. The van der Waals surface area contributed by atoms with Gasteiger partial charge in [0.1, 0.15) is 22.3 Å². The number of aromatic nitrogens is 2. The Morgan fingerprint density at radius 1 is 1.24 bits per heavy atom. The number of hydrogen-bond donors (Lipinski definition) is 1. The lowest BCUT2D eigenvalue weighted by molar-refractivity contribution is 0.626. The Labute approximate surface area is 125 Å². The summed E-state index contributed by atoms with van der Waals surface area (Å²) in [6.45, 7) is 0. The monoisotopic (exact) mass is 299 g/mol. The second-order valence-corrected chi connectivity index (χ2v) is 6.45. The number of nitrogens with zero attached hydrogens (tertiary/aromatic N) is 2. The number of rotatable bonds is 2. The number of anilines is 1. The molecule has 2 heterocycles. The van der Waals surface area contributed by atoms with Gasteiger partial charge in [-0.1, -0.05) is 12.1 Å². The van der Waals surface area contributed by atoms with Gasteiger partial charge in [-0.3, -0.25) is 0 Å². The van der Waals surface area contributed by atoms with E-state index < -0.39 is 0 Å². The van der Waals surface area contributed by atoms with Crippen LogP contribution in [0.2, 0.25) is 0 Å². The van der Waals surface area contributed by atoms with Crippen LogP contribution in [0.3, 0.4) is 0 Å². The summed E-state index contributed by atoms with van der Waals surface area (Å²) in [4.78, 5) is 11.4. The van der Waals surface area contributed by atoms with Gasteiger partial charge in [0, 0.05) is 11.3 Å². The second kappa shape index (κ2) is 4.77. The smallest absolute Gasteiger partial charge is 0.136 e. The van der Waals surface area contributed by atoms with Crippen molar-refractivity contribution >= 4 is 27.4 Å². The molecule has 0 saturated heterocycles. The number of nitrogen functional groups attached to an aromatic ring is 1. The highest BCUT2D eigenvalue weighted by Crippen LogP contribution is 2.38. The summed E-state index contributed by atoms with van der Waals surface area (Å²) in [5.41, 5.74) is 8.34. The third-order valence-electron chi connectivity index (χ3n) is 3.89. The van der Waals surface area contributed by atoms with Gasteiger partial charge in [0.15, 0.2) is 0 Å². The first kappa shape index (κ1) is 12.7. The SMILES string of the molecule is Nc1nc(Cc2cccc(F)c2)nc2sc3c(c12)CCC3. The van der Waals surface area contributed by atoms with Gasteiger partial charge in [-0.2, -0.15) is 0 Å². The first-order valence-electron chi connectivity index (χ1n) is 7.02. The van der Waals surface area contributed by atoms with Crippen LogP contribution in [0.1, 0.15) is 28.2 Å². The van der Waals surface area contributed by atoms with Crippen molar-refractivity contribution in [3.63, 3.8) is 0 Å². The Kier molecular flexibility index (Phi) is 2.89. The van der Waals surface area contributed by atoms with E-state index >= 15 is 0 Å². The van der Waals surface area contributed by atoms with Crippen molar-refractivity contribution in [2.24, 2.45) is 0 Å². The Morgan fingerprint density at radius 2 is 2.14 bits per heavy atom. The van der Waals surface area contributed by atoms with Gasteiger partial charge in [-0.15, -0.1) is 11.3 Å². The lowest BCUT2D eigenvalue weighted by atomic mass is 10.1. The zero-order valence-electron chi connectivity index (χ0n) is 11.4. The van der Waals surface area contributed by atoms with Crippen molar-refractivity contribution in [2.75, 3.05) is 5.73 Å². The van der Waals surface area contributed by atoms with E-state index in [1.807, 2.05) is 6.07 Å². The molecule has 5 heteroatoms. The van der Waals surface area contributed by atoms with Crippen molar-refractivity contribution in [2.45, 2.75) is 25.7 Å². The highest BCUT2D eigenvalue weighted by Gasteiger charge is 2.21. The quantitative estimate of drug-likeness (QED) is 0.788. The fourth-order valence-electron chi connectivity index (χ4n) is 2.98. The van der Waals surface area contributed by atoms with Crippen molar-refractivity contribution in [3.8, 4) is 0 Å². The summed E-state index contributed by atoms with van der Waals surface area (Å²) < 4.78 is 13.2. The average Bonchev–Trinajstić information content (AvgIpc) is 2.98. The van der Waals surface area contributed by atoms with Crippen LogP contribution < -0.4 is 5.73 Å². The van der Waals surface area contributed by atoms with E-state index in [-0.39, 0.29) is 5.82 Å². The van der Waals surface area contributed by atoms with Crippen LogP contribution in [0, 0.1) is 5.82 Å². The highest BCUT2D eigenvalue weighted by atomic mass is 32.1. The predicted octanol–water partition coefficient (Wildman–Crippen LogP) is 3.49. The topological polar surface area (TPSA) is 51.8 Å². The molecule has 0 fully saturated rings. The molecule has 0 radical (unpaired) electrons. The van der Waals surface area contributed by atoms with Gasteiger partial charge in [-0.05, 0) is 42.5 Å². The molecule has 0 bridgehead atoms. The van der Waals surface area contributed by atoms with E-state index in [2.05, 4.69) is 9.97 Å². The Balaban J connectivity index is 1.77. The maximum atomic E-state index is 13.2. The van der Waals surface area contributed by atoms with Crippen molar-refractivity contribution in [1.29, 1.82) is 0 Å². The molecule has 0 amide bonds. The summed E-state index contributed by atoms with van der Waals surface area (Å²) in [6, 6.07) is 6.53. The second-order valence-electron chi connectivity index (χ2n) is 5.37.